The van der Waals surface area contributed by atoms with Gasteiger partial charge in [0, 0.05) is 21.0 Å². The van der Waals surface area contributed by atoms with Gasteiger partial charge in [-0.05, 0) is 16.8 Å². The topological polar surface area (TPSA) is 25.8 Å². The first-order valence-corrected chi connectivity index (χ1v) is 7.48. The molecular formula is C16H9ClN2S. The van der Waals surface area contributed by atoms with E-state index >= 15 is 0 Å². The standard InChI is InChI=1S/C16H9ClN2S/c17-16-12-6-2-1-5-11(12)14(18-19-16)13-7-3-4-10-8-9-20-15(10)13/h1-9H. The van der Waals surface area contributed by atoms with Gasteiger partial charge >= 0.3 is 0 Å². The van der Waals surface area contributed by atoms with Gasteiger partial charge in [0.15, 0.2) is 5.15 Å². The Labute approximate surface area is 124 Å². The van der Waals surface area contributed by atoms with Gasteiger partial charge in [0.2, 0.25) is 0 Å². The number of fused-ring (bicyclic) bond motifs is 2. The number of aromatic nitrogens is 2. The van der Waals surface area contributed by atoms with E-state index in [0.717, 1.165) is 22.0 Å². The Morgan fingerprint density at radius 3 is 2.60 bits per heavy atom. The van der Waals surface area contributed by atoms with Gasteiger partial charge in [-0.1, -0.05) is 54.1 Å². The summed E-state index contributed by atoms with van der Waals surface area (Å²) in [6, 6.07) is 16.3. The number of halogens is 1. The van der Waals surface area contributed by atoms with Crippen molar-refractivity contribution in [3.8, 4) is 11.3 Å². The minimum absolute atomic E-state index is 0.447. The molecule has 0 radical (unpaired) electrons. The molecule has 0 saturated carbocycles. The molecule has 4 aromatic rings. The zero-order valence-electron chi connectivity index (χ0n) is 10.4. The lowest BCUT2D eigenvalue weighted by molar-refractivity contribution is 1.06. The van der Waals surface area contributed by atoms with Gasteiger partial charge in [-0.25, -0.2) is 0 Å². The van der Waals surface area contributed by atoms with Crippen LogP contribution in [0.1, 0.15) is 0 Å². The normalized spacial score (nSPS) is 11.2. The number of thiophene rings is 1. The Kier molecular flexibility index (Phi) is 2.69. The van der Waals surface area contributed by atoms with Crippen LogP contribution >= 0.6 is 22.9 Å². The first kappa shape index (κ1) is 11.8. The van der Waals surface area contributed by atoms with Gasteiger partial charge in [0.1, 0.15) is 5.69 Å². The second-order valence-electron chi connectivity index (χ2n) is 4.53. The minimum atomic E-state index is 0.447. The molecule has 0 amide bonds. The van der Waals surface area contributed by atoms with Crippen molar-refractivity contribution in [3.63, 3.8) is 0 Å². The van der Waals surface area contributed by atoms with Crippen LogP contribution in [0.25, 0.3) is 32.1 Å². The van der Waals surface area contributed by atoms with E-state index in [9.17, 15) is 0 Å². The molecule has 0 spiro atoms. The predicted molar refractivity (Wildman–Crippen MR) is 85.4 cm³/mol. The van der Waals surface area contributed by atoms with Gasteiger partial charge in [-0.3, -0.25) is 0 Å². The Morgan fingerprint density at radius 2 is 1.70 bits per heavy atom. The van der Waals surface area contributed by atoms with Crippen molar-refractivity contribution < 1.29 is 0 Å². The van der Waals surface area contributed by atoms with Crippen molar-refractivity contribution in [2.75, 3.05) is 0 Å². The van der Waals surface area contributed by atoms with E-state index < -0.39 is 0 Å². The smallest absolute Gasteiger partial charge is 0.148 e. The molecule has 0 aliphatic rings. The van der Waals surface area contributed by atoms with Crippen molar-refractivity contribution in [2.45, 2.75) is 0 Å². The molecule has 2 nitrogen and oxygen atoms in total. The first-order chi connectivity index (χ1) is 9.84. The minimum Gasteiger partial charge on any atom is -0.148 e. The highest BCUT2D eigenvalue weighted by Gasteiger charge is 2.12. The summed E-state index contributed by atoms with van der Waals surface area (Å²) in [6.07, 6.45) is 0. The van der Waals surface area contributed by atoms with Crippen LogP contribution in [-0.4, -0.2) is 10.2 Å². The summed E-state index contributed by atoms with van der Waals surface area (Å²) >= 11 is 7.86. The van der Waals surface area contributed by atoms with Gasteiger partial charge in [-0.15, -0.1) is 21.5 Å². The molecule has 2 heterocycles. The fourth-order valence-electron chi connectivity index (χ4n) is 2.45. The van der Waals surface area contributed by atoms with Gasteiger partial charge in [0.05, 0.1) is 0 Å². The average Bonchev–Trinajstić information content (AvgIpc) is 2.97. The van der Waals surface area contributed by atoms with E-state index in [-0.39, 0.29) is 0 Å². The van der Waals surface area contributed by atoms with Crippen molar-refractivity contribution in [2.24, 2.45) is 0 Å². The maximum absolute atomic E-state index is 6.14. The average molecular weight is 297 g/mol. The summed E-state index contributed by atoms with van der Waals surface area (Å²) in [5.41, 5.74) is 2.00. The first-order valence-electron chi connectivity index (χ1n) is 6.22. The molecule has 2 aromatic carbocycles. The molecule has 0 fully saturated rings. The van der Waals surface area contributed by atoms with Crippen LogP contribution in [0.3, 0.4) is 0 Å². The zero-order chi connectivity index (χ0) is 13.5. The van der Waals surface area contributed by atoms with Crippen molar-refractivity contribution >= 4 is 43.8 Å². The fraction of sp³-hybridized carbons (Fsp3) is 0. The maximum Gasteiger partial charge on any atom is 0.159 e. The second-order valence-corrected chi connectivity index (χ2v) is 5.80. The van der Waals surface area contributed by atoms with Gasteiger partial charge in [0.25, 0.3) is 0 Å². The van der Waals surface area contributed by atoms with Gasteiger partial charge < -0.3 is 0 Å². The predicted octanol–water partition coefficient (Wildman–Crippen LogP) is 5.16. The quantitative estimate of drug-likeness (QED) is 0.484. The number of hydrogen-bond donors (Lipinski definition) is 0. The van der Waals surface area contributed by atoms with Crippen molar-refractivity contribution in [3.05, 3.63) is 59.1 Å². The number of benzene rings is 2. The molecule has 0 saturated heterocycles. The highest BCUT2D eigenvalue weighted by Crippen LogP contribution is 2.35. The molecule has 96 valence electrons. The molecule has 0 N–H and O–H groups in total. The van der Waals surface area contributed by atoms with Crippen LogP contribution in [0.5, 0.6) is 0 Å². The van der Waals surface area contributed by atoms with E-state index in [1.807, 2.05) is 24.3 Å². The van der Waals surface area contributed by atoms with E-state index in [1.165, 1.54) is 10.1 Å². The molecule has 2 aromatic heterocycles. The van der Waals surface area contributed by atoms with E-state index in [1.54, 1.807) is 11.3 Å². The molecule has 0 bridgehead atoms. The van der Waals surface area contributed by atoms with Crippen LogP contribution in [0.15, 0.2) is 53.9 Å². The van der Waals surface area contributed by atoms with E-state index in [2.05, 4.69) is 39.8 Å². The lowest BCUT2D eigenvalue weighted by Crippen LogP contribution is -1.91. The lowest BCUT2D eigenvalue weighted by Gasteiger charge is -2.07. The number of hydrogen-bond acceptors (Lipinski definition) is 3. The summed E-state index contributed by atoms with van der Waals surface area (Å²) in [6.45, 7) is 0. The molecule has 4 rings (SSSR count). The Bertz CT molecular complexity index is 930. The Morgan fingerprint density at radius 1 is 0.850 bits per heavy atom. The highest BCUT2D eigenvalue weighted by atomic mass is 35.5. The molecule has 0 aliphatic carbocycles. The van der Waals surface area contributed by atoms with Crippen LogP contribution in [0, 0.1) is 0 Å². The summed E-state index contributed by atoms with van der Waals surface area (Å²) in [5, 5.41) is 14.2. The second kappa shape index (κ2) is 4.54. The summed E-state index contributed by atoms with van der Waals surface area (Å²) in [7, 11) is 0. The van der Waals surface area contributed by atoms with Crippen LogP contribution in [0.2, 0.25) is 5.15 Å². The Hall–Kier alpha value is -1.97. The number of rotatable bonds is 1. The van der Waals surface area contributed by atoms with Crippen LogP contribution in [0.4, 0.5) is 0 Å². The maximum atomic E-state index is 6.14. The van der Waals surface area contributed by atoms with E-state index in [4.69, 9.17) is 11.6 Å². The lowest BCUT2D eigenvalue weighted by atomic mass is 10.0. The zero-order valence-corrected chi connectivity index (χ0v) is 11.9. The summed E-state index contributed by atoms with van der Waals surface area (Å²) in [5.74, 6) is 0. The van der Waals surface area contributed by atoms with E-state index in [0.29, 0.717) is 5.15 Å². The molecule has 20 heavy (non-hydrogen) atoms. The third kappa shape index (κ3) is 1.71. The Balaban J connectivity index is 2.13. The van der Waals surface area contributed by atoms with Gasteiger partial charge in [-0.2, -0.15) is 0 Å². The van der Waals surface area contributed by atoms with Crippen molar-refractivity contribution in [1.82, 2.24) is 10.2 Å². The fourth-order valence-corrected chi connectivity index (χ4v) is 3.57. The van der Waals surface area contributed by atoms with Crippen molar-refractivity contribution in [1.29, 1.82) is 0 Å². The summed E-state index contributed by atoms with van der Waals surface area (Å²) < 4.78 is 1.23. The number of nitrogens with zero attached hydrogens (tertiary/aromatic N) is 2. The molecule has 0 unspecified atom stereocenters. The van der Waals surface area contributed by atoms with Crippen LogP contribution in [-0.2, 0) is 0 Å². The van der Waals surface area contributed by atoms with Crippen LogP contribution < -0.4 is 0 Å². The largest absolute Gasteiger partial charge is 0.159 e. The highest BCUT2D eigenvalue weighted by molar-refractivity contribution is 7.17. The molecule has 0 aliphatic heterocycles. The summed E-state index contributed by atoms with van der Waals surface area (Å²) in [4.78, 5) is 0. The monoisotopic (exact) mass is 296 g/mol. The molecule has 0 atom stereocenters. The molecular weight excluding hydrogens is 288 g/mol. The molecule has 4 heteroatoms. The third-order valence-electron chi connectivity index (χ3n) is 3.38. The third-order valence-corrected chi connectivity index (χ3v) is 4.62. The SMILES string of the molecule is Clc1nnc(-c2cccc3ccsc23)c2ccccc12.